The summed E-state index contributed by atoms with van der Waals surface area (Å²) in [5.41, 5.74) is 1.54. The minimum absolute atomic E-state index is 0.0454. The number of nitrogens with zero attached hydrogens (tertiary/aromatic N) is 1. The van der Waals surface area contributed by atoms with Crippen LogP contribution in [0.2, 0.25) is 0 Å². The van der Waals surface area contributed by atoms with Crippen molar-refractivity contribution in [2.75, 3.05) is 11.9 Å². The molecule has 1 heterocycles. The summed E-state index contributed by atoms with van der Waals surface area (Å²) in [6, 6.07) is 17.1. The first kappa shape index (κ1) is 19.4. The molecule has 0 saturated heterocycles. The highest BCUT2D eigenvalue weighted by atomic mass is 19.1. The van der Waals surface area contributed by atoms with Crippen LogP contribution in [-0.4, -0.2) is 23.3 Å². The van der Waals surface area contributed by atoms with Gasteiger partial charge in [-0.3, -0.25) is 9.59 Å². The average molecular weight is 380 g/mol. The molecular formula is C22H21FN2O3. The first-order valence-electron chi connectivity index (χ1n) is 8.96. The Morgan fingerprint density at radius 1 is 1.04 bits per heavy atom. The van der Waals surface area contributed by atoms with Gasteiger partial charge >= 0.3 is 0 Å². The van der Waals surface area contributed by atoms with Crippen LogP contribution in [0.5, 0.6) is 0 Å². The van der Waals surface area contributed by atoms with E-state index in [1.807, 2.05) is 30.3 Å². The number of hydrogen-bond donors (Lipinski definition) is 1. The molecule has 2 aromatic carbocycles. The number of rotatable bonds is 7. The number of hydrogen-bond acceptors (Lipinski definition) is 3. The van der Waals surface area contributed by atoms with Gasteiger partial charge in [-0.15, -0.1) is 0 Å². The normalized spacial score (nSPS) is 10.5. The van der Waals surface area contributed by atoms with Crippen molar-refractivity contribution in [3.05, 3.63) is 89.6 Å². The fourth-order valence-corrected chi connectivity index (χ4v) is 2.85. The molecule has 0 bridgehead atoms. The van der Waals surface area contributed by atoms with E-state index in [1.165, 1.54) is 18.4 Å². The monoisotopic (exact) mass is 380 g/mol. The number of para-hydroxylation sites is 1. The second-order valence-electron chi connectivity index (χ2n) is 6.38. The standard InChI is InChI=1S/C22H21FN2O3/c1-16-18(12-14-28-16)22(27)25(15-17-7-3-2-4-8-17)13-11-21(26)24-20-10-6-5-9-19(20)23/h2-10,12,14H,11,13,15H2,1H3,(H,24,26). The van der Waals surface area contributed by atoms with Crippen LogP contribution in [-0.2, 0) is 11.3 Å². The van der Waals surface area contributed by atoms with Crippen LogP contribution in [0.15, 0.2) is 71.3 Å². The number of nitrogens with one attached hydrogen (secondary N) is 1. The zero-order valence-corrected chi connectivity index (χ0v) is 15.5. The van der Waals surface area contributed by atoms with Crippen molar-refractivity contribution in [2.45, 2.75) is 19.9 Å². The molecule has 3 aromatic rings. The maximum Gasteiger partial charge on any atom is 0.257 e. The van der Waals surface area contributed by atoms with Crippen LogP contribution < -0.4 is 5.32 Å². The third-order valence-electron chi connectivity index (χ3n) is 4.35. The molecule has 0 saturated carbocycles. The molecule has 1 aromatic heterocycles. The second-order valence-corrected chi connectivity index (χ2v) is 6.38. The van der Waals surface area contributed by atoms with Gasteiger partial charge in [-0.25, -0.2) is 4.39 Å². The summed E-state index contributed by atoms with van der Waals surface area (Å²) in [5, 5.41) is 2.54. The molecule has 3 rings (SSSR count). The van der Waals surface area contributed by atoms with E-state index >= 15 is 0 Å². The van der Waals surface area contributed by atoms with Crippen LogP contribution in [0.25, 0.3) is 0 Å². The summed E-state index contributed by atoms with van der Waals surface area (Å²) in [4.78, 5) is 26.8. The van der Waals surface area contributed by atoms with Gasteiger partial charge < -0.3 is 14.6 Å². The van der Waals surface area contributed by atoms with Gasteiger partial charge in [-0.2, -0.15) is 0 Å². The Morgan fingerprint density at radius 3 is 2.43 bits per heavy atom. The molecule has 6 heteroatoms. The third kappa shape index (κ3) is 4.85. The van der Waals surface area contributed by atoms with Gasteiger partial charge in [0.05, 0.1) is 17.5 Å². The number of halogens is 1. The number of furan rings is 1. The Bertz CT molecular complexity index is 953. The SMILES string of the molecule is Cc1occc1C(=O)N(CCC(=O)Nc1ccccc1F)Cc1ccccc1. The first-order chi connectivity index (χ1) is 13.5. The van der Waals surface area contributed by atoms with E-state index in [2.05, 4.69) is 5.32 Å². The molecule has 0 aliphatic heterocycles. The lowest BCUT2D eigenvalue weighted by atomic mass is 10.1. The molecule has 0 fully saturated rings. The van der Waals surface area contributed by atoms with Crippen molar-refractivity contribution in [1.29, 1.82) is 0 Å². The van der Waals surface area contributed by atoms with Crippen LogP contribution >= 0.6 is 0 Å². The summed E-state index contributed by atoms with van der Waals surface area (Å²) in [5.74, 6) is -0.547. The molecular weight excluding hydrogens is 359 g/mol. The quantitative estimate of drug-likeness (QED) is 0.661. The zero-order valence-electron chi connectivity index (χ0n) is 15.5. The van der Waals surface area contributed by atoms with E-state index in [4.69, 9.17) is 4.42 Å². The highest BCUT2D eigenvalue weighted by Crippen LogP contribution is 2.16. The second kappa shape index (κ2) is 8.99. The summed E-state index contributed by atoms with van der Waals surface area (Å²) in [6.45, 7) is 2.27. The number of carbonyl (C=O) groups excluding carboxylic acids is 2. The Labute approximate surface area is 162 Å². The van der Waals surface area contributed by atoms with Crippen molar-refractivity contribution in [1.82, 2.24) is 4.90 Å². The zero-order chi connectivity index (χ0) is 19.9. The number of aryl methyl sites for hydroxylation is 1. The Hall–Kier alpha value is -3.41. The summed E-state index contributed by atoms with van der Waals surface area (Å²) in [7, 11) is 0. The topological polar surface area (TPSA) is 62.6 Å². The van der Waals surface area contributed by atoms with E-state index in [9.17, 15) is 14.0 Å². The minimum atomic E-state index is -0.498. The Kier molecular flexibility index (Phi) is 6.22. The Balaban J connectivity index is 1.70. The van der Waals surface area contributed by atoms with Crippen LogP contribution in [0.1, 0.15) is 28.1 Å². The maximum atomic E-state index is 13.7. The van der Waals surface area contributed by atoms with Crippen molar-refractivity contribution in [3.8, 4) is 0 Å². The molecule has 0 radical (unpaired) electrons. The lowest BCUT2D eigenvalue weighted by molar-refractivity contribution is -0.116. The van der Waals surface area contributed by atoms with Crippen molar-refractivity contribution >= 4 is 17.5 Å². The average Bonchev–Trinajstić information content (AvgIpc) is 3.13. The number of anilines is 1. The number of amides is 2. The third-order valence-corrected chi connectivity index (χ3v) is 4.35. The van der Waals surface area contributed by atoms with Gasteiger partial charge in [0.15, 0.2) is 0 Å². The molecule has 2 amide bonds. The predicted octanol–water partition coefficient (Wildman–Crippen LogP) is 4.40. The fraction of sp³-hybridized carbons (Fsp3) is 0.182. The first-order valence-corrected chi connectivity index (χ1v) is 8.96. The molecule has 0 aliphatic carbocycles. The highest BCUT2D eigenvalue weighted by molar-refractivity contribution is 5.96. The van der Waals surface area contributed by atoms with Gasteiger partial charge in [0, 0.05) is 19.5 Å². The van der Waals surface area contributed by atoms with E-state index in [0.717, 1.165) is 5.56 Å². The molecule has 1 N–H and O–H groups in total. The smallest absolute Gasteiger partial charge is 0.257 e. The largest absolute Gasteiger partial charge is 0.469 e. The summed E-state index contributed by atoms with van der Waals surface area (Å²) >= 11 is 0. The van der Waals surface area contributed by atoms with E-state index in [1.54, 1.807) is 30.0 Å². The highest BCUT2D eigenvalue weighted by Gasteiger charge is 2.20. The number of benzene rings is 2. The molecule has 5 nitrogen and oxygen atoms in total. The van der Waals surface area contributed by atoms with E-state index in [-0.39, 0.29) is 30.5 Å². The summed E-state index contributed by atoms with van der Waals surface area (Å²) in [6.07, 6.45) is 1.51. The van der Waals surface area contributed by atoms with Crippen LogP contribution in [0.3, 0.4) is 0 Å². The van der Waals surface area contributed by atoms with Crippen molar-refractivity contribution < 1.29 is 18.4 Å². The molecule has 0 aliphatic rings. The molecule has 28 heavy (non-hydrogen) atoms. The van der Waals surface area contributed by atoms with Gasteiger partial charge in [-0.1, -0.05) is 42.5 Å². The van der Waals surface area contributed by atoms with Crippen LogP contribution in [0, 0.1) is 12.7 Å². The molecule has 0 spiro atoms. The van der Waals surface area contributed by atoms with E-state index in [0.29, 0.717) is 17.9 Å². The molecule has 0 unspecified atom stereocenters. The van der Waals surface area contributed by atoms with Crippen LogP contribution in [0.4, 0.5) is 10.1 Å². The maximum absolute atomic E-state index is 13.7. The van der Waals surface area contributed by atoms with Crippen molar-refractivity contribution in [3.63, 3.8) is 0 Å². The number of carbonyl (C=O) groups is 2. The van der Waals surface area contributed by atoms with Gasteiger partial charge in [0.25, 0.3) is 5.91 Å². The summed E-state index contributed by atoms with van der Waals surface area (Å²) < 4.78 is 18.9. The fourth-order valence-electron chi connectivity index (χ4n) is 2.85. The lowest BCUT2D eigenvalue weighted by Crippen LogP contribution is -2.33. The van der Waals surface area contributed by atoms with Gasteiger partial charge in [0.1, 0.15) is 11.6 Å². The minimum Gasteiger partial charge on any atom is -0.469 e. The molecule has 0 atom stereocenters. The Morgan fingerprint density at radius 2 is 1.75 bits per heavy atom. The predicted molar refractivity (Wildman–Crippen MR) is 104 cm³/mol. The molecule has 144 valence electrons. The van der Waals surface area contributed by atoms with Crippen molar-refractivity contribution in [2.24, 2.45) is 0 Å². The van der Waals surface area contributed by atoms with Gasteiger partial charge in [-0.05, 0) is 30.7 Å². The lowest BCUT2D eigenvalue weighted by Gasteiger charge is -2.22. The van der Waals surface area contributed by atoms with Gasteiger partial charge in [0.2, 0.25) is 5.91 Å². The van der Waals surface area contributed by atoms with E-state index < -0.39 is 5.82 Å².